The minimum Gasteiger partial charge on any atom is -0.496 e. The van der Waals surface area contributed by atoms with Crippen molar-refractivity contribution in [1.82, 2.24) is 14.3 Å². The highest BCUT2D eigenvalue weighted by Crippen LogP contribution is 2.39. The zero-order valence-electron chi connectivity index (χ0n) is 15.6. The Labute approximate surface area is 163 Å². The smallest absolute Gasteiger partial charge is 0.252 e. The summed E-state index contributed by atoms with van der Waals surface area (Å²) in [7, 11) is -2.34. The molecule has 2 atom stereocenters. The number of ether oxygens (including phenoxy) is 1. The van der Waals surface area contributed by atoms with Crippen molar-refractivity contribution in [3.05, 3.63) is 41.9 Å². The van der Waals surface area contributed by atoms with Crippen molar-refractivity contribution in [2.75, 3.05) is 25.1 Å². The first-order valence-electron chi connectivity index (χ1n) is 8.87. The van der Waals surface area contributed by atoms with Crippen LogP contribution in [0.2, 0.25) is 0 Å². The second kappa shape index (κ2) is 6.71. The number of carbonyl (C=O) groups is 1. The Morgan fingerprint density at radius 3 is 2.57 bits per heavy atom. The zero-order valence-corrected chi connectivity index (χ0v) is 16.4. The molecule has 4 heterocycles. The van der Waals surface area contributed by atoms with Crippen molar-refractivity contribution in [3.63, 3.8) is 0 Å². The third-order valence-corrected chi connectivity index (χ3v) is 7.22. The average molecular weight is 403 g/mol. The van der Waals surface area contributed by atoms with Gasteiger partial charge in [0.2, 0.25) is 10.0 Å². The van der Waals surface area contributed by atoms with E-state index in [2.05, 4.69) is 14.9 Å². The number of benzene rings is 1. The summed E-state index contributed by atoms with van der Waals surface area (Å²) in [5.74, 6) is 1.00. The minimum absolute atomic E-state index is 0.0446. The predicted molar refractivity (Wildman–Crippen MR) is 102 cm³/mol. The summed E-state index contributed by atoms with van der Waals surface area (Å²) in [5, 5.41) is 0. The summed E-state index contributed by atoms with van der Waals surface area (Å²) in [6.07, 6.45) is 2.51. The average Bonchev–Trinajstić information content (AvgIpc) is 2.67. The largest absolute Gasteiger partial charge is 0.496 e. The molecule has 148 valence electrons. The summed E-state index contributed by atoms with van der Waals surface area (Å²) >= 11 is 0. The normalized spacial score (nSPS) is 21.9. The van der Waals surface area contributed by atoms with E-state index in [1.807, 2.05) is 13.0 Å². The van der Waals surface area contributed by atoms with Gasteiger partial charge in [0.15, 0.2) is 0 Å². The first-order chi connectivity index (χ1) is 13.3. The molecular formula is C18H21N5O4S. The molecule has 3 fully saturated rings. The molecule has 0 saturated carbocycles. The number of aryl methyl sites for hydroxylation is 1. The van der Waals surface area contributed by atoms with E-state index in [9.17, 15) is 13.2 Å². The Balaban J connectivity index is 1.59. The number of nitrogens with two attached hydrogens (primary N) is 1. The number of anilines is 1. The van der Waals surface area contributed by atoms with Crippen LogP contribution in [0.4, 0.5) is 5.82 Å². The summed E-state index contributed by atoms with van der Waals surface area (Å²) in [5.41, 5.74) is 5.41. The fraction of sp³-hybridized carbons (Fsp3) is 0.389. The van der Waals surface area contributed by atoms with Crippen LogP contribution in [-0.4, -0.2) is 60.9 Å². The second-order valence-corrected chi connectivity index (χ2v) is 8.81. The zero-order chi connectivity index (χ0) is 20.1. The van der Waals surface area contributed by atoms with Crippen molar-refractivity contribution < 1.29 is 17.9 Å². The van der Waals surface area contributed by atoms with Gasteiger partial charge in [0, 0.05) is 31.4 Å². The molecule has 1 aromatic carbocycles. The van der Waals surface area contributed by atoms with Gasteiger partial charge in [0.25, 0.3) is 5.91 Å². The van der Waals surface area contributed by atoms with Crippen molar-refractivity contribution in [3.8, 4) is 5.75 Å². The number of fused-ring (bicyclic) bond motifs is 2. The van der Waals surface area contributed by atoms with Crippen molar-refractivity contribution in [1.29, 1.82) is 0 Å². The number of piperazine rings is 1. The molecule has 5 rings (SSSR count). The first-order valence-corrected chi connectivity index (χ1v) is 10.3. The van der Waals surface area contributed by atoms with Crippen molar-refractivity contribution in [2.45, 2.75) is 30.3 Å². The van der Waals surface area contributed by atoms with E-state index in [4.69, 9.17) is 10.5 Å². The molecule has 10 heteroatoms. The van der Waals surface area contributed by atoms with E-state index in [-0.39, 0.29) is 28.3 Å². The highest BCUT2D eigenvalue weighted by molar-refractivity contribution is 7.89. The SMILES string of the molecule is COc1ccc(S(=O)(=O)N2C3CC2CN(c2ccnc(C)n2)C3)cc1C(N)=O. The molecule has 1 amide bonds. The number of hydrogen-bond donors (Lipinski definition) is 1. The molecule has 3 aliphatic heterocycles. The minimum atomic E-state index is -3.75. The molecule has 2 bridgehead atoms. The maximum atomic E-state index is 13.2. The number of amides is 1. The van der Waals surface area contributed by atoms with Gasteiger partial charge < -0.3 is 15.4 Å². The standard InChI is InChI=1S/C18H21N5O4S/c1-11-20-6-5-17(21-11)22-9-12-7-13(10-22)23(12)28(25,26)14-3-4-16(27-2)15(8-14)18(19)24/h3-6,8,12-13H,7,9-10H2,1-2H3,(H2,19,24). The molecule has 28 heavy (non-hydrogen) atoms. The molecule has 9 nitrogen and oxygen atoms in total. The van der Waals surface area contributed by atoms with Crippen molar-refractivity contribution in [2.24, 2.45) is 5.73 Å². The molecule has 3 saturated heterocycles. The summed E-state index contributed by atoms with van der Waals surface area (Å²) in [4.78, 5) is 22.3. The maximum absolute atomic E-state index is 13.2. The predicted octanol–water partition coefficient (Wildman–Crippen LogP) is 0.544. The molecule has 1 aromatic heterocycles. The topological polar surface area (TPSA) is 119 Å². The van der Waals surface area contributed by atoms with Crippen LogP contribution in [0.1, 0.15) is 22.6 Å². The molecule has 2 aromatic rings. The van der Waals surface area contributed by atoms with E-state index in [1.54, 1.807) is 6.20 Å². The fourth-order valence-corrected chi connectivity index (χ4v) is 5.78. The second-order valence-electron chi connectivity index (χ2n) is 6.97. The van der Waals surface area contributed by atoms with Gasteiger partial charge in [-0.3, -0.25) is 4.79 Å². The van der Waals surface area contributed by atoms with Crippen LogP contribution in [0.25, 0.3) is 0 Å². The van der Waals surface area contributed by atoms with Gasteiger partial charge in [-0.1, -0.05) is 0 Å². The van der Waals surface area contributed by atoms with Crippen LogP contribution in [0.3, 0.4) is 0 Å². The molecule has 3 aliphatic rings. The van der Waals surface area contributed by atoms with E-state index < -0.39 is 15.9 Å². The highest BCUT2D eigenvalue weighted by atomic mass is 32.2. The number of nitrogens with zero attached hydrogens (tertiary/aromatic N) is 4. The number of aromatic nitrogens is 2. The summed E-state index contributed by atoms with van der Waals surface area (Å²) in [6.45, 7) is 2.95. The number of methoxy groups -OCH3 is 1. The number of piperidine rings is 1. The molecule has 0 radical (unpaired) electrons. The quantitative estimate of drug-likeness (QED) is 0.774. The monoisotopic (exact) mass is 403 g/mol. The molecule has 0 spiro atoms. The van der Waals surface area contributed by atoms with Crippen LogP contribution in [0.15, 0.2) is 35.4 Å². The molecule has 2 unspecified atom stereocenters. The van der Waals surface area contributed by atoms with Crippen LogP contribution in [0.5, 0.6) is 5.75 Å². The summed E-state index contributed by atoms with van der Waals surface area (Å²) < 4.78 is 33.0. The van der Waals surface area contributed by atoms with Crippen molar-refractivity contribution >= 4 is 21.7 Å². The lowest BCUT2D eigenvalue weighted by atomic mass is 9.91. The van der Waals surface area contributed by atoms with Crippen LogP contribution in [0, 0.1) is 6.92 Å². The Hall–Kier alpha value is -2.72. The Kier molecular flexibility index (Phi) is 4.47. The highest BCUT2D eigenvalue weighted by Gasteiger charge is 2.51. The Morgan fingerprint density at radius 1 is 1.25 bits per heavy atom. The number of sulfonamides is 1. The fourth-order valence-electron chi connectivity index (χ4n) is 3.94. The number of primary amides is 1. The van der Waals surface area contributed by atoms with Gasteiger partial charge in [-0.15, -0.1) is 0 Å². The molecule has 0 aliphatic carbocycles. The maximum Gasteiger partial charge on any atom is 0.252 e. The Bertz CT molecular complexity index is 1030. The van der Waals surface area contributed by atoms with E-state index >= 15 is 0 Å². The lowest BCUT2D eigenvalue weighted by molar-refractivity contribution is 0.0874. The lowest BCUT2D eigenvalue weighted by Crippen LogP contribution is -2.70. The van der Waals surface area contributed by atoms with Gasteiger partial charge in [-0.2, -0.15) is 4.31 Å². The third-order valence-electron chi connectivity index (χ3n) is 5.22. The number of rotatable bonds is 5. The number of carbonyl (C=O) groups excluding carboxylic acids is 1. The van der Waals surface area contributed by atoms with Gasteiger partial charge in [-0.05, 0) is 37.6 Å². The first kappa shape index (κ1) is 18.6. The van der Waals surface area contributed by atoms with Gasteiger partial charge >= 0.3 is 0 Å². The Morgan fingerprint density at radius 2 is 1.96 bits per heavy atom. The van der Waals surface area contributed by atoms with E-state index in [0.29, 0.717) is 18.9 Å². The number of hydrogen-bond acceptors (Lipinski definition) is 7. The van der Waals surface area contributed by atoms with Gasteiger partial charge in [0.05, 0.1) is 17.6 Å². The third kappa shape index (κ3) is 2.98. The lowest BCUT2D eigenvalue weighted by Gasteiger charge is -2.55. The van der Waals surface area contributed by atoms with Crippen LogP contribution in [-0.2, 0) is 10.0 Å². The van der Waals surface area contributed by atoms with E-state index in [1.165, 1.54) is 29.6 Å². The van der Waals surface area contributed by atoms with Crippen LogP contribution >= 0.6 is 0 Å². The van der Waals surface area contributed by atoms with Gasteiger partial charge in [-0.25, -0.2) is 18.4 Å². The van der Waals surface area contributed by atoms with Gasteiger partial charge in [0.1, 0.15) is 17.4 Å². The summed E-state index contributed by atoms with van der Waals surface area (Å²) in [6, 6.07) is 5.74. The van der Waals surface area contributed by atoms with Crippen LogP contribution < -0.4 is 15.4 Å². The molecular weight excluding hydrogens is 382 g/mol. The van der Waals surface area contributed by atoms with E-state index in [0.717, 1.165) is 12.2 Å². The molecule has 2 N–H and O–H groups in total.